The highest BCUT2D eigenvalue weighted by Crippen LogP contribution is 2.26. The van der Waals surface area contributed by atoms with Crippen molar-refractivity contribution in [2.24, 2.45) is 11.8 Å². The van der Waals surface area contributed by atoms with Crippen LogP contribution in [0.4, 0.5) is 5.82 Å². The van der Waals surface area contributed by atoms with Crippen LogP contribution in [0.5, 0.6) is 0 Å². The summed E-state index contributed by atoms with van der Waals surface area (Å²) in [7, 11) is 0. The van der Waals surface area contributed by atoms with Gasteiger partial charge in [-0.3, -0.25) is 9.69 Å². The van der Waals surface area contributed by atoms with Gasteiger partial charge in [-0.05, 0) is 94.6 Å². The van der Waals surface area contributed by atoms with E-state index in [4.69, 9.17) is 10.1 Å². The Morgan fingerprint density at radius 2 is 1.79 bits per heavy atom. The average molecular weight is 387 g/mol. The topological polar surface area (TPSA) is 68.7 Å². The van der Waals surface area contributed by atoms with Crippen molar-refractivity contribution in [3.8, 4) is 0 Å². The van der Waals surface area contributed by atoms with Crippen LogP contribution in [-0.2, 0) is 17.6 Å². The molecule has 6 nitrogen and oxygen atoms in total. The molecule has 28 heavy (non-hydrogen) atoms. The monoisotopic (exact) mass is 386 g/mol. The van der Waals surface area contributed by atoms with Gasteiger partial charge in [0.25, 0.3) is 0 Å². The van der Waals surface area contributed by atoms with E-state index in [9.17, 15) is 4.79 Å². The molecular weight excluding hydrogens is 352 g/mol. The first-order chi connectivity index (χ1) is 13.7. The Morgan fingerprint density at radius 3 is 2.54 bits per heavy atom. The maximum atomic E-state index is 10.8. The zero-order chi connectivity index (χ0) is 19.3. The van der Waals surface area contributed by atoms with Gasteiger partial charge in [0.05, 0.1) is 6.54 Å². The van der Waals surface area contributed by atoms with Crippen LogP contribution in [0.2, 0.25) is 0 Å². The van der Waals surface area contributed by atoms with Crippen LogP contribution in [0, 0.1) is 11.8 Å². The quantitative estimate of drug-likeness (QED) is 0.783. The highest BCUT2D eigenvalue weighted by molar-refractivity contribution is 5.69. The smallest absolute Gasteiger partial charge is 0.317 e. The molecule has 0 atom stereocenters. The predicted molar refractivity (Wildman–Crippen MR) is 111 cm³/mol. The first-order valence-electron chi connectivity index (χ1n) is 11.0. The number of piperidine rings is 2. The van der Waals surface area contributed by atoms with Crippen LogP contribution in [0.25, 0.3) is 0 Å². The second-order valence-electron chi connectivity index (χ2n) is 8.90. The molecule has 0 amide bonds. The van der Waals surface area contributed by atoms with Gasteiger partial charge in [-0.1, -0.05) is 6.07 Å². The van der Waals surface area contributed by atoms with Crippen molar-refractivity contribution in [2.45, 2.75) is 44.9 Å². The Bertz CT molecular complexity index is 665. The Kier molecular flexibility index (Phi) is 6.47. The Balaban J connectivity index is 1.18. The maximum absolute atomic E-state index is 10.8. The molecule has 3 aliphatic heterocycles. The van der Waals surface area contributed by atoms with Crippen LogP contribution in [0.15, 0.2) is 12.1 Å². The molecule has 2 N–H and O–H groups in total. The number of likely N-dealkylation sites (tertiary alicyclic amines) is 2. The van der Waals surface area contributed by atoms with Crippen molar-refractivity contribution in [1.82, 2.24) is 14.8 Å². The fourth-order valence-electron chi connectivity index (χ4n) is 5.03. The highest BCUT2D eigenvalue weighted by atomic mass is 16.4. The van der Waals surface area contributed by atoms with E-state index in [0.717, 1.165) is 63.0 Å². The van der Waals surface area contributed by atoms with Crippen LogP contribution in [0.1, 0.15) is 43.4 Å². The third-order valence-electron chi connectivity index (χ3n) is 6.74. The van der Waals surface area contributed by atoms with Crippen molar-refractivity contribution in [2.75, 3.05) is 51.1 Å². The molecule has 0 aliphatic carbocycles. The molecule has 6 heteroatoms. The molecule has 1 aromatic rings. The molecular formula is C22H34N4O2. The van der Waals surface area contributed by atoms with Gasteiger partial charge in [-0.25, -0.2) is 4.98 Å². The molecule has 154 valence electrons. The maximum Gasteiger partial charge on any atom is 0.317 e. The molecule has 4 rings (SSSR count). The minimum atomic E-state index is -0.704. The number of hydrogen-bond donors (Lipinski definition) is 2. The number of hydrogen-bond acceptors (Lipinski definition) is 5. The Morgan fingerprint density at radius 1 is 1.07 bits per heavy atom. The van der Waals surface area contributed by atoms with Gasteiger partial charge in [-0.15, -0.1) is 0 Å². The summed E-state index contributed by atoms with van der Waals surface area (Å²) in [6, 6.07) is 4.51. The number of fused-ring (bicyclic) bond motifs is 1. The number of aryl methyl sites for hydroxylation is 1. The molecule has 4 heterocycles. The molecule has 0 unspecified atom stereocenters. The number of anilines is 1. The zero-order valence-electron chi connectivity index (χ0n) is 16.9. The molecule has 0 saturated carbocycles. The van der Waals surface area contributed by atoms with Gasteiger partial charge in [0.2, 0.25) is 0 Å². The number of carbonyl (C=O) groups is 1. The van der Waals surface area contributed by atoms with E-state index in [1.807, 2.05) is 0 Å². The Labute approximate surface area is 168 Å². The number of carboxylic acids is 1. The number of pyridine rings is 1. The molecule has 0 spiro atoms. The third-order valence-corrected chi connectivity index (χ3v) is 6.74. The van der Waals surface area contributed by atoms with E-state index >= 15 is 0 Å². The Hall–Kier alpha value is -1.66. The fraction of sp³-hybridized carbons (Fsp3) is 0.727. The average Bonchev–Trinajstić information content (AvgIpc) is 2.70. The van der Waals surface area contributed by atoms with Gasteiger partial charge >= 0.3 is 5.97 Å². The van der Waals surface area contributed by atoms with Gasteiger partial charge in [0.15, 0.2) is 0 Å². The summed E-state index contributed by atoms with van der Waals surface area (Å²) in [6.45, 7) is 6.71. The number of aromatic nitrogens is 1. The largest absolute Gasteiger partial charge is 0.480 e. The van der Waals surface area contributed by atoms with Gasteiger partial charge < -0.3 is 15.3 Å². The van der Waals surface area contributed by atoms with Crippen molar-refractivity contribution >= 4 is 11.8 Å². The first-order valence-corrected chi connectivity index (χ1v) is 11.0. The van der Waals surface area contributed by atoms with Crippen LogP contribution >= 0.6 is 0 Å². The molecule has 2 fully saturated rings. The minimum Gasteiger partial charge on any atom is -0.480 e. The van der Waals surface area contributed by atoms with E-state index in [2.05, 4.69) is 27.2 Å². The van der Waals surface area contributed by atoms with Gasteiger partial charge in [-0.2, -0.15) is 0 Å². The van der Waals surface area contributed by atoms with Crippen LogP contribution in [0.3, 0.4) is 0 Å². The summed E-state index contributed by atoms with van der Waals surface area (Å²) in [5, 5.41) is 12.4. The third kappa shape index (κ3) is 5.23. The highest BCUT2D eigenvalue weighted by Gasteiger charge is 2.25. The standard InChI is InChI=1S/C22H34N4O2/c27-21(28)16-26-12-7-18(8-13-26)15-25-10-5-17(6-11-25)14-20-4-3-19-2-1-9-23-22(19)24-20/h3-4,17-18H,1-2,5-16H2,(H,23,24)(H,27,28). The molecule has 3 aliphatic rings. The number of carboxylic acid groups (broad SMARTS) is 1. The fourth-order valence-corrected chi connectivity index (χ4v) is 5.03. The summed E-state index contributed by atoms with van der Waals surface area (Å²) in [4.78, 5) is 20.4. The second-order valence-corrected chi connectivity index (χ2v) is 8.90. The van der Waals surface area contributed by atoms with E-state index in [1.54, 1.807) is 0 Å². The normalized spacial score (nSPS) is 22.6. The van der Waals surface area contributed by atoms with Crippen LogP contribution in [-0.4, -0.2) is 71.7 Å². The lowest BCUT2D eigenvalue weighted by atomic mass is 9.90. The minimum absolute atomic E-state index is 0.199. The first kappa shape index (κ1) is 19.6. The molecule has 2 saturated heterocycles. The number of nitrogens with zero attached hydrogens (tertiary/aromatic N) is 3. The summed E-state index contributed by atoms with van der Waals surface area (Å²) in [5.74, 6) is 1.90. The summed E-state index contributed by atoms with van der Waals surface area (Å²) in [5.41, 5.74) is 2.62. The predicted octanol–water partition coefficient (Wildman–Crippen LogP) is 2.49. The van der Waals surface area contributed by atoms with E-state index in [0.29, 0.717) is 0 Å². The van der Waals surface area contributed by atoms with E-state index in [-0.39, 0.29) is 6.54 Å². The molecule has 0 aromatic carbocycles. The number of nitrogens with one attached hydrogen (secondary N) is 1. The lowest BCUT2D eigenvalue weighted by Crippen LogP contribution is -2.42. The van der Waals surface area contributed by atoms with Gasteiger partial charge in [0.1, 0.15) is 5.82 Å². The molecule has 0 bridgehead atoms. The number of rotatable bonds is 6. The van der Waals surface area contributed by atoms with Crippen molar-refractivity contribution in [1.29, 1.82) is 0 Å². The van der Waals surface area contributed by atoms with Crippen molar-refractivity contribution in [3.63, 3.8) is 0 Å². The molecule has 1 aromatic heterocycles. The van der Waals surface area contributed by atoms with Crippen molar-refractivity contribution < 1.29 is 9.90 Å². The second kappa shape index (κ2) is 9.23. The zero-order valence-corrected chi connectivity index (χ0v) is 16.9. The lowest BCUT2D eigenvalue weighted by molar-refractivity contribution is -0.138. The van der Waals surface area contributed by atoms with E-state index in [1.165, 1.54) is 50.2 Å². The SMILES string of the molecule is O=C(O)CN1CCC(CN2CCC(Cc3ccc4c(n3)NCCC4)CC2)CC1. The van der Waals surface area contributed by atoms with Crippen LogP contribution < -0.4 is 5.32 Å². The summed E-state index contributed by atoms with van der Waals surface area (Å²) in [6.07, 6.45) is 8.29. The summed E-state index contributed by atoms with van der Waals surface area (Å²) < 4.78 is 0. The van der Waals surface area contributed by atoms with Gasteiger partial charge in [0, 0.05) is 18.8 Å². The molecule has 0 radical (unpaired) electrons. The number of aliphatic carboxylic acids is 1. The van der Waals surface area contributed by atoms with Crippen molar-refractivity contribution in [3.05, 3.63) is 23.4 Å². The summed E-state index contributed by atoms with van der Waals surface area (Å²) >= 11 is 0. The van der Waals surface area contributed by atoms with E-state index < -0.39 is 5.97 Å². The lowest BCUT2D eigenvalue weighted by Gasteiger charge is -2.37.